The van der Waals surface area contributed by atoms with Crippen LogP contribution in [0, 0.1) is 35.5 Å². The zero-order chi connectivity index (χ0) is 37.5. The molecule has 0 heteroatoms. The average molecular weight is 737 g/mol. The molecule has 5 aliphatic rings. The van der Waals surface area contributed by atoms with Crippen molar-refractivity contribution in [1.82, 2.24) is 0 Å². The normalized spacial score (nSPS) is 24.6. The van der Waals surface area contributed by atoms with Crippen molar-refractivity contribution in [2.45, 2.75) is 302 Å². The second-order valence-corrected chi connectivity index (χ2v) is 17.2. The number of hydrogen-bond acceptors (Lipinski definition) is 0. The molecule has 0 amide bonds. The lowest BCUT2D eigenvalue weighted by Gasteiger charge is -2.31. The van der Waals surface area contributed by atoms with E-state index in [0.29, 0.717) is 0 Å². The van der Waals surface area contributed by atoms with Gasteiger partial charge in [0.2, 0.25) is 0 Å². The molecule has 5 fully saturated rings. The second-order valence-electron chi connectivity index (χ2n) is 17.2. The van der Waals surface area contributed by atoms with Crippen LogP contribution in [0.1, 0.15) is 302 Å². The van der Waals surface area contributed by atoms with Gasteiger partial charge in [-0.2, -0.15) is 0 Å². The van der Waals surface area contributed by atoms with Crippen LogP contribution < -0.4 is 0 Å². The highest BCUT2D eigenvalue weighted by molar-refractivity contribution is 4.75. The molecule has 0 radical (unpaired) electrons. The molecule has 0 aromatic carbocycles. The van der Waals surface area contributed by atoms with Crippen LogP contribution in [0.2, 0.25) is 0 Å². The summed E-state index contributed by atoms with van der Waals surface area (Å²) in [6.45, 7) is 21.6. The van der Waals surface area contributed by atoms with Gasteiger partial charge in [0.1, 0.15) is 0 Å². The molecule has 0 aromatic heterocycles. The Hall–Kier alpha value is 0. The molecule has 5 aliphatic carbocycles. The van der Waals surface area contributed by atoms with Gasteiger partial charge in [-0.25, -0.2) is 0 Å². The molecule has 0 spiro atoms. The van der Waals surface area contributed by atoms with Crippen LogP contribution in [-0.2, 0) is 0 Å². The molecule has 0 atom stereocenters. The zero-order valence-corrected chi connectivity index (χ0v) is 37.5. The molecule has 52 heavy (non-hydrogen) atoms. The van der Waals surface area contributed by atoms with Crippen molar-refractivity contribution in [1.29, 1.82) is 0 Å². The first-order valence-electron chi connectivity index (χ1n) is 24.5. The summed E-state index contributed by atoms with van der Waals surface area (Å²) in [6, 6.07) is 0. The molecule has 5 saturated carbocycles. The lowest BCUT2D eigenvalue weighted by molar-refractivity contribution is 0.210. The van der Waals surface area contributed by atoms with E-state index in [1.165, 1.54) is 193 Å². The smallest absolute Gasteiger partial charge is 0.0386 e. The van der Waals surface area contributed by atoms with Gasteiger partial charge >= 0.3 is 0 Å². The van der Waals surface area contributed by atoms with Crippen molar-refractivity contribution in [3.8, 4) is 0 Å². The first kappa shape index (κ1) is 58.7. The maximum absolute atomic E-state index is 2.45. The van der Waals surface area contributed by atoms with Gasteiger partial charge in [-0.05, 0) is 35.5 Å². The summed E-state index contributed by atoms with van der Waals surface area (Å²) >= 11 is 0. The average Bonchev–Trinajstić information content (AvgIpc) is 3.08. The molecule has 0 heterocycles. The van der Waals surface area contributed by atoms with E-state index in [4.69, 9.17) is 0 Å². The zero-order valence-electron chi connectivity index (χ0n) is 37.5. The van der Waals surface area contributed by atoms with E-state index in [0.717, 1.165) is 35.5 Å². The summed E-state index contributed by atoms with van der Waals surface area (Å²) < 4.78 is 0. The maximum Gasteiger partial charge on any atom is -0.0386 e. The molecule has 0 unspecified atom stereocenters. The Morgan fingerprint density at radius 3 is 0.538 bits per heavy atom. The van der Waals surface area contributed by atoms with E-state index >= 15 is 0 Å². The van der Waals surface area contributed by atoms with Crippen molar-refractivity contribution in [2.75, 3.05) is 0 Å². The van der Waals surface area contributed by atoms with Crippen molar-refractivity contribution in [3.63, 3.8) is 0 Å². The van der Waals surface area contributed by atoms with Crippen LogP contribution in [0.25, 0.3) is 0 Å². The third-order valence-corrected chi connectivity index (χ3v) is 12.5. The Balaban J connectivity index is -0.000000289. The number of rotatable bonds is 1. The Morgan fingerprint density at radius 2 is 0.327 bits per heavy atom. The van der Waals surface area contributed by atoms with Gasteiger partial charge in [-0.1, -0.05) is 302 Å². The van der Waals surface area contributed by atoms with Crippen LogP contribution >= 0.6 is 0 Å². The molecule has 320 valence electrons. The topological polar surface area (TPSA) is 0 Å². The molecule has 0 N–H and O–H groups in total. The summed E-state index contributed by atoms with van der Waals surface area (Å²) in [5.74, 6) is 6.26. The van der Waals surface area contributed by atoms with Gasteiger partial charge in [0, 0.05) is 0 Å². The van der Waals surface area contributed by atoms with E-state index in [2.05, 4.69) is 27.7 Å². The first-order valence-corrected chi connectivity index (χ1v) is 24.5. The van der Waals surface area contributed by atoms with Gasteiger partial charge in [0.05, 0.1) is 0 Å². The summed E-state index contributed by atoms with van der Waals surface area (Å²) in [4.78, 5) is 0. The van der Waals surface area contributed by atoms with Crippen molar-refractivity contribution in [3.05, 3.63) is 0 Å². The van der Waals surface area contributed by atoms with E-state index in [1.807, 2.05) is 41.5 Å². The lowest BCUT2D eigenvalue weighted by atomic mass is 9.75. The van der Waals surface area contributed by atoms with Gasteiger partial charge in [0.15, 0.2) is 0 Å². The van der Waals surface area contributed by atoms with E-state index in [1.54, 1.807) is 25.7 Å². The highest BCUT2D eigenvalue weighted by atomic mass is 14.3. The van der Waals surface area contributed by atoms with Crippen LogP contribution in [0.4, 0.5) is 0 Å². The highest BCUT2D eigenvalue weighted by Crippen LogP contribution is 2.36. The molecule has 0 nitrogen and oxygen atoms in total. The van der Waals surface area contributed by atoms with E-state index < -0.39 is 0 Å². The highest BCUT2D eigenvalue weighted by Gasteiger charge is 2.23. The molecule has 0 aliphatic heterocycles. The monoisotopic (exact) mass is 737 g/mol. The Morgan fingerprint density at radius 1 is 0.192 bits per heavy atom. The second kappa shape index (κ2) is 47.2. The van der Waals surface area contributed by atoms with Crippen molar-refractivity contribution in [2.24, 2.45) is 35.5 Å². The predicted octanol–water partition coefficient (Wildman–Crippen LogP) is 20.4. The van der Waals surface area contributed by atoms with Gasteiger partial charge < -0.3 is 0 Å². The van der Waals surface area contributed by atoms with Crippen LogP contribution in [0.3, 0.4) is 0 Å². The van der Waals surface area contributed by atoms with Gasteiger partial charge in [-0.15, -0.1) is 0 Å². The van der Waals surface area contributed by atoms with Crippen LogP contribution in [-0.4, -0.2) is 0 Å². The van der Waals surface area contributed by atoms with E-state index in [9.17, 15) is 0 Å². The number of hydrogen-bond donors (Lipinski definition) is 0. The largest absolute Gasteiger partial charge is 0.0776 e. The Kier molecular flexibility index (Phi) is 53.2. The Labute approximate surface area is 336 Å². The fourth-order valence-corrected chi connectivity index (χ4v) is 9.16. The fraction of sp³-hybridized carbons (Fsp3) is 1.00. The molecule has 0 saturated heterocycles. The molecular weight excluding hydrogens is 625 g/mol. The van der Waals surface area contributed by atoms with Crippen LogP contribution in [0.5, 0.6) is 0 Å². The van der Waals surface area contributed by atoms with Crippen LogP contribution in [0.15, 0.2) is 0 Å². The first-order chi connectivity index (χ1) is 24.5. The summed E-state index contributed by atoms with van der Waals surface area (Å²) in [6.07, 6.45) is 51.1. The van der Waals surface area contributed by atoms with Gasteiger partial charge in [-0.3, -0.25) is 0 Å². The summed E-state index contributed by atoms with van der Waals surface area (Å²) in [5.41, 5.74) is 0. The van der Waals surface area contributed by atoms with Crippen molar-refractivity contribution >= 4 is 0 Å². The predicted molar refractivity (Wildman–Crippen MR) is 248 cm³/mol. The third-order valence-electron chi connectivity index (χ3n) is 12.5. The van der Waals surface area contributed by atoms with Crippen molar-refractivity contribution < 1.29 is 0 Å². The quantitative estimate of drug-likeness (QED) is 0.251. The SMILES string of the molecule is C.C.CC.CC.CC.CC1CCCC(C2CCCCCCC2)CCC1.CC1CCCCCCC1.CC1CCCCCCC1.CC1CCCCCCC1. The molecule has 0 bridgehead atoms. The minimum atomic E-state index is 0. The fourth-order valence-electron chi connectivity index (χ4n) is 9.16. The molecular formula is C52H112. The Bertz CT molecular complexity index is 503. The minimum absolute atomic E-state index is 0. The maximum atomic E-state index is 2.45. The standard InChI is InChI=1S/C17H32.3C9H18.3C2H6.2CH4/c1-15-9-7-13-17(14-8-10-15)16-11-5-3-2-4-6-12-16;3*1-9-7-5-3-2-4-6-8-9;3*1-2;;/h15-17H,2-14H2,1H3;3*9H,2-8H2,1H3;3*1-2H3;2*1H4. The summed E-state index contributed by atoms with van der Waals surface area (Å²) in [7, 11) is 0. The molecule has 0 aromatic rings. The third kappa shape index (κ3) is 38.3. The summed E-state index contributed by atoms with van der Waals surface area (Å²) in [5, 5.41) is 0. The minimum Gasteiger partial charge on any atom is -0.0776 e. The lowest BCUT2D eigenvalue weighted by Crippen LogP contribution is -2.18. The van der Waals surface area contributed by atoms with E-state index in [-0.39, 0.29) is 14.9 Å². The van der Waals surface area contributed by atoms with Gasteiger partial charge in [0.25, 0.3) is 0 Å². The molecule has 5 rings (SSSR count).